The van der Waals surface area contributed by atoms with Crippen LogP contribution in [0.4, 0.5) is 4.39 Å². The summed E-state index contributed by atoms with van der Waals surface area (Å²) in [6.07, 6.45) is 7.61. The molecule has 0 aliphatic rings. The fraction of sp³-hybridized carbons (Fsp3) is 0.300. The summed E-state index contributed by atoms with van der Waals surface area (Å²) in [6.45, 7) is 5.29. The monoisotopic (exact) mass is 308 g/mol. The normalized spacial score (nSPS) is 11.4. The number of hydrogen-bond donors (Lipinski definition) is 0. The zero-order chi connectivity index (χ0) is 16.5. The molecule has 0 bridgehead atoms. The minimum atomic E-state index is -0.742. The largest absolute Gasteiger partial charge is 0.248 e. The topological polar surface area (TPSA) is 25.8 Å². The average molecular weight is 308 g/mol. The molecule has 118 valence electrons. The summed E-state index contributed by atoms with van der Waals surface area (Å²) in [5.74, 6) is 6.88. The molecule has 1 aromatic carbocycles. The van der Waals surface area contributed by atoms with Gasteiger partial charge in [0.1, 0.15) is 0 Å². The maximum atomic E-state index is 12.7. The SMILES string of the molecule is C=CCc1cnc(-c2ccc(C#CCCCC(C)F)cc2)nc1. The fourth-order valence-electron chi connectivity index (χ4n) is 2.11. The van der Waals surface area contributed by atoms with E-state index in [1.807, 2.05) is 42.7 Å². The van der Waals surface area contributed by atoms with Crippen LogP contribution in [0.3, 0.4) is 0 Å². The summed E-state index contributed by atoms with van der Waals surface area (Å²) >= 11 is 0. The molecule has 2 aromatic rings. The van der Waals surface area contributed by atoms with Crippen molar-refractivity contribution in [2.75, 3.05) is 0 Å². The standard InChI is InChI=1S/C20H21FN2/c1-3-7-18-14-22-20(23-15-18)19-12-10-17(11-13-19)9-6-4-5-8-16(2)21/h3,10-16H,1,4-5,7-8H2,2H3. The molecular formula is C20H21FN2. The van der Waals surface area contributed by atoms with Gasteiger partial charge >= 0.3 is 0 Å². The molecule has 0 N–H and O–H groups in total. The molecule has 0 spiro atoms. The Bertz CT molecular complexity index is 676. The first-order chi connectivity index (χ1) is 11.2. The van der Waals surface area contributed by atoms with Crippen LogP contribution in [0.5, 0.6) is 0 Å². The van der Waals surface area contributed by atoms with E-state index < -0.39 is 6.17 Å². The number of hydrogen-bond acceptors (Lipinski definition) is 2. The second-order valence-electron chi connectivity index (χ2n) is 5.46. The summed E-state index contributed by atoms with van der Waals surface area (Å²) in [6, 6.07) is 7.86. The van der Waals surface area contributed by atoms with Crippen LogP contribution in [0.25, 0.3) is 11.4 Å². The van der Waals surface area contributed by atoms with E-state index in [1.54, 1.807) is 6.92 Å². The first kappa shape index (κ1) is 16.9. The molecule has 3 heteroatoms. The number of nitrogens with zero attached hydrogens (tertiary/aromatic N) is 2. The van der Waals surface area contributed by atoms with Crippen molar-refractivity contribution in [2.45, 2.75) is 38.8 Å². The van der Waals surface area contributed by atoms with E-state index >= 15 is 0 Å². The van der Waals surface area contributed by atoms with E-state index in [0.29, 0.717) is 12.2 Å². The Hall–Kier alpha value is -2.47. The number of aromatic nitrogens is 2. The van der Waals surface area contributed by atoms with Gasteiger partial charge in [0.15, 0.2) is 5.82 Å². The molecule has 0 amide bonds. The average Bonchev–Trinajstić information content (AvgIpc) is 2.56. The molecule has 2 nitrogen and oxygen atoms in total. The summed E-state index contributed by atoms with van der Waals surface area (Å²) in [4.78, 5) is 8.74. The highest BCUT2D eigenvalue weighted by Crippen LogP contribution is 2.15. The third kappa shape index (κ3) is 5.67. The maximum absolute atomic E-state index is 12.7. The van der Waals surface area contributed by atoms with Crippen molar-refractivity contribution in [1.82, 2.24) is 9.97 Å². The van der Waals surface area contributed by atoms with Gasteiger partial charge in [-0.2, -0.15) is 0 Å². The number of rotatable bonds is 6. The van der Waals surface area contributed by atoms with Gasteiger partial charge in [0.05, 0.1) is 6.17 Å². The van der Waals surface area contributed by atoms with Crippen LogP contribution in [0.2, 0.25) is 0 Å². The predicted molar refractivity (Wildman–Crippen MR) is 92.7 cm³/mol. The first-order valence-electron chi connectivity index (χ1n) is 7.84. The molecule has 1 heterocycles. The van der Waals surface area contributed by atoms with Crippen molar-refractivity contribution in [3.05, 3.63) is 60.4 Å². The number of benzene rings is 1. The van der Waals surface area contributed by atoms with Crippen molar-refractivity contribution in [1.29, 1.82) is 0 Å². The minimum Gasteiger partial charge on any atom is -0.248 e. The van der Waals surface area contributed by atoms with E-state index in [0.717, 1.165) is 36.0 Å². The molecule has 0 saturated carbocycles. The Morgan fingerprint density at radius 3 is 2.52 bits per heavy atom. The molecule has 0 aliphatic carbocycles. The molecule has 0 saturated heterocycles. The Morgan fingerprint density at radius 2 is 1.91 bits per heavy atom. The summed E-state index contributed by atoms with van der Waals surface area (Å²) in [7, 11) is 0. The number of alkyl halides is 1. The van der Waals surface area contributed by atoms with Crippen LogP contribution in [-0.2, 0) is 6.42 Å². The van der Waals surface area contributed by atoms with Crippen LogP contribution in [0.15, 0.2) is 49.3 Å². The van der Waals surface area contributed by atoms with Gasteiger partial charge in [0, 0.05) is 29.9 Å². The molecule has 23 heavy (non-hydrogen) atoms. The fourth-order valence-corrected chi connectivity index (χ4v) is 2.11. The molecular weight excluding hydrogens is 287 g/mol. The number of halogens is 1. The molecule has 1 unspecified atom stereocenters. The lowest BCUT2D eigenvalue weighted by atomic mass is 10.1. The number of allylic oxidation sites excluding steroid dienone is 1. The van der Waals surface area contributed by atoms with E-state index in [1.165, 1.54) is 0 Å². The van der Waals surface area contributed by atoms with E-state index in [9.17, 15) is 4.39 Å². The Morgan fingerprint density at radius 1 is 1.22 bits per heavy atom. The number of unbranched alkanes of at least 4 members (excludes halogenated alkanes) is 1. The Balaban J connectivity index is 1.96. The third-order valence-corrected chi connectivity index (χ3v) is 3.36. The molecule has 2 rings (SSSR count). The van der Waals surface area contributed by atoms with E-state index in [4.69, 9.17) is 0 Å². The smallest absolute Gasteiger partial charge is 0.159 e. The van der Waals surface area contributed by atoms with Gasteiger partial charge in [-0.15, -0.1) is 6.58 Å². The van der Waals surface area contributed by atoms with Crippen molar-refractivity contribution in [3.8, 4) is 23.2 Å². The predicted octanol–water partition coefficient (Wildman–Crippen LogP) is 4.75. The molecule has 0 radical (unpaired) electrons. The van der Waals surface area contributed by atoms with Gasteiger partial charge in [0.25, 0.3) is 0 Å². The molecule has 1 aromatic heterocycles. The highest BCUT2D eigenvalue weighted by Gasteiger charge is 2.01. The Labute approximate surface area is 137 Å². The summed E-state index contributed by atoms with van der Waals surface area (Å²) in [5, 5.41) is 0. The molecule has 1 atom stereocenters. The maximum Gasteiger partial charge on any atom is 0.159 e. The van der Waals surface area contributed by atoms with Crippen LogP contribution < -0.4 is 0 Å². The van der Waals surface area contributed by atoms with Gasteiger partial charge in [-0.3, -0.25) is 0 Å². The van der Waals surface area contributed by atoms with Crippen LogP contribution in [-0.4, -0.2) is 16.1 Å². The van der Waals surface area contributed by atoms with Gasteiger partial charge in [-0.25, -0.2) is 14.4 Å². The molecule has 0 aliphatic heterocycles. The van der Waals surface area contributed by atoms with Gasteiger partial charge in [0.2, 0.25) is 0 Å². The lowest BCUT2D eigenvalue weighted by Gasteiger charge is -2.01. The van der Waals surface area contributed by atoms with E-state index in [2.05, 4.69) is 28.4 Å². The van der Waals surface area contributed by atoms with Gasteiger partial charge in [-0.05, 0) is 56.0 Å². The van der Waals surface area contributed by atoms with Crippen molar-refractivity contribution >= 4 is 0 Å². The zero-order valence-corrected chi connectivity index (χ0v) is 13.4. The zero-order valence-electron chi connectivity index (χ0n) is 13.4. The van der Waals surface area contributed by atoms with Crippen LogP contribution in [0.1, 0.15) is 37.3 Å². The van der Waals surface area contributed by atoms with Gasteiger partial charge < -0.3 is 0 Å². The summed E-state index contributed by atoms with van der Waals surface area (Å²) < 4.78 is 12.7. The highest BCUT2D eigenvalue weighted by atomic mass is 19.1. The Kier molecular flexibility index (Phi) is 6.50. The third-order valence-electron chi connectivity index (χ3n) is 3.36. The van der Waals surface area contributed by atoms with Crippen molar-refractivity contribution < 1.29 is 4.39 Å². The lowest BCUT2D eigenvalue weighted by molar-refractivity contribution is 0.336. The van der Waals surface area contributed by atoms with Crippen molar-refractivity contribution in [2.24, 2.45) is 0 Å². The minimum absolute atomic E-state index is 0.576. The first-order valence-corrected chi connectivity index (χ1v) is 7.84. The highest BCUT2D eigenvalue weighted by molar-refractivity contribution is 5.56. The molecule has 0 fully saturated rings. The van der Waals surface area contributed by atoms with E-state index in [-0.39, 0.29) is 0 Å². The summed E-state index contributed by atoms with van der Waals surface area (Å²) in [5.41, 5.74) is 2.96. The van der Waals surface area contributed by atoms with Crippen LogP contribution >= 0.6 is 0 Å². The quantitative estimate of drug-likeness (QED) is 0.437. The van der Waals surface area contributed by atoms with Crippen LogP contribution in [0, 0.1) is 11.8 Å². The van der Waals surface area contributed by atoms with Gasteiger partial charge in [-0.1, -0.05) is 17.9 Å². The lowest BCUT2D eigenvalue weighted by Crippen LogP contribution is -1.91. The van der Waals surface area contributed by atoms with Crippen molar-refractivity contribution in [3.63, 3.8) is 0 Å². The second kappa shape index (κ2) is 8.85. The second-order valence-corrected chi connectivity index (χ2v) is 5.46.